The highest BCUT2D eigenvalue weighted by atomic mass is 16.6. The zero-order valence-electron chi connectivity index (χ0n) is 19.6. The van der Waals surface area contributed by atoms with E-state index in [0.29, 0.717) is 36.6 Å². The summed E-state index contributed by atoms with van der Waals surface area (Å²) in [6.07, 6.45) is 0.441. The number of aromatic nitrogens is 4. The lowest BCUT2D eigenvalue weighted by molar-refractivity contribution is -0.138. The summed E-state index contributed by atoms with van der Waals surface area (Å²) in [6.45, 7) is 5.43. The van der Waals surface area contributed by atoms with Gasteiger partial charge in [0.2, 0.25) is 0 Å². The van der Waals surface area contributed by atoms with E-state index in [9.17, 15) is 15.0 Å². The molecule has 2 aromatic heterocycles. The molecule has 0 bridgehead atoms. The van der Waals surface area contributed by atoms with E-state index in [1.54, 1.807) is 0 Å². The minimum atomic E-state index is -1.23. The Bertz CT molecular complexity index is 956. The number of fused-ring (bicyclic) bond motifs is 1. The Hall–Kier alpha value is -2.42. The first-order chi connectivity index (χ1) is 16.1. The minimum absolute atomic E-state index is 0.00846. The monoisotopic (exact) mass is 480 g/mol. The molecule has 9 N–H and O–H groups in total. The number of nitrogens with zero attached hydrogens (tertiary/aromatic N) is 5. The topological polar surface area (TPSA) is 212 Å². The summed E-state index contributed by atoms with van der Waals surface area (Å²) in [5, 5.41) is 30.6. The first-order valence-corrected chi connectivity index (χ1v) is 11.5. The Morgan fingerprint density at radius 3 is 2.56 bits per heavy atom. The van der Waals surface area contributed by atoms with Crippen molar-refractivity contribution < 1.29 is 24.9 Å². The fraction of sp³-hybridized carbons (Fsp3) is 0.714. The van der Waals surface area contributed by atoms with Crippen LogP contribution in [0.5, 0.6) is 0 Å². The molecule has 1 aliphatic heterocycles. The largest absolute Gasteiger partial charge is 0.480 e. The van der Waals surface area contributed by atoms with Crippen molar-refractivity contribution in [2.45, 2.75) is 69.7 Å². The van der Waals surface area contributed by atoms with E-state index < -0.39 is 36.6 Å². The van der Waals surface area contributed by atoms with Crippen molar-refractivity contribution in [1.29, 1.82) is 0 Å². The maximum atomic E-state index is 11.2. The van der Waals surface area contributed by atoms with E-state index in [0.717, 1.165) is 6.42 Å². The highest BCUT2D eigenvalue weighted by Crippen LogP contribution is 2.32. The van der Waals surface area contributed by atoms with Gasteiger partial charge < -0.3 is 42.2 Å². The van der Waals surface area contributed by atoms with Gasteiger partial charge in [-0.15, -0.1) is 0 Å². The van der Waals surface area contributed by atoms with E-state index >= 15 is 0 Å². The van der Waals surface area contributed by atoms with Gasteiger partial charge in [0.15, 0.2) is 17.7 Å². The SMILES string of the molecule is CC(C)CC(N)CCN(CC[C@H](N)C(=O)O)C[C@H]1O[C@@H](n2cnc3c(N)ncnc32)[C@H](O)[C@@H]1O. The predicted octanol–water partition coefficient (Wildman–Crippen LogP) is -1.10. The van der Waals surface area contributed by atoms with Crippen LogP contribution in [0, 0.1) is 5.92 Å². The van der Waals surface area contributed by atoms with E-state index in [-0.39, 0.29) is 24.8 Å². The number of imidazole rings is 1. The highest BCUT2D eigenvalue weighted by Gasteiger charge is 2.44. The molecule has 0 aromatic carbocycles. The zero-order valence-corrected chi connectivity index (χ0v) is 19.6. The lowest BCUT2D eigenvalue weighted by atomic mass is 10.0. The van der Waals surface area contributed by atoms with Crippen LogP contribution in [0.15, 0.2) is 12.7 Å². The molecule has 1 saturated heterocycles. The number of anilines is 1. The van der Waals surface area contributed by atoms with Gasteiger partial charge >= 0.3 is 5.97 Å². The molecule has 3 heterocycles. The third kappa shape index (κ3) is 6.17. The van der Waals surface area contributed by atoms with Crippen LogP contribution < -0.4 is 17.2 Å². The van der Waals surface area contributed by atoms with Crippen LogP contribution in [0.2, 0.25) is 0 Å². The molecule has 0 saturated carbocycles. The van der Waals surface area contributed by atoms with Crippen LogP contribution in [-0.4, -0.2) is 95.7 Å². The van der Waals surface area contributed by atoms with Crippen molar-refractivity contribution >= 4 is 23.0 Å². The average molecular weight is 481 g/mol. The van der Waals surface area contributed by atoms with Crippen molar-refractivity contribution in [3.8, 4) is 0 Å². The summed E-state index contributed by atoms with van der Waals surface area (Å²) in [5.74, 6) is -0.410. The molecule has 190 valence electrons. The van der Waals surface area contributed by atoms with Crippen LogP contribution in [-0.2, 0) is 9.53 Å². The standard InChI is InChI=1S/C21H36N8O5/c1-11(2)7-12(22)3-5-28(6-4-13(23)21(32)33)8-14-16(30)17(31)20(34-14)29-10-27-15-18(24)25-9-26-19(15)29/h9-14,16-17,20,30-31H,3-8,22-23H2,1-2H3,(H,32,33)(H2,24,25,26)/t12?,13-,14+,16+,17+,20+/m0/s1. The van der Waals surface area contributed by atoms with Crippen molar-refractivity contribution in [1.82, 2.24) is 24.4 Å². The molecule has 34 heavy (non-hydrogen) atoms. The van der Waals surface area contributed by atoms with Gasteiger partial charge in [-0.1, -0.05) is 13.8 Å². The number of ether oxygens (including phenoxy) is 1. The number of aliphatic hydroxyl groups is 2. The third-order valence-electron chi connectivity index (χ3n) is 6.10. The molecular formula is C21H36N8O5. The van der Waals surface area contributed by atoms with Crippen LogP contribution >= 0.6 is 0 Å². The Balaban J connectivity index is 1.71. The van der Waals surface area contributed by atoms with Gasteiger partial charge in [-0.2, -0.15) is 0 Å². The average Bonchev–Trinajstić information content (AvgIpc) is 3.32. The van der Waals surface area contributed by atoms with Crippen LogP contribution in [0.1, 0.15) is 39.3 Å². The Kier molecular flexibility index (Phi) is 8.73. The number of aliphatic carboxylic acids is 1. The van der Waals surface area contributed by atoms with Gasteiger partial charge in [0.1, 0.15) is 36.2 Å². The first-order valence-electron chi connectivity index (χ1n) is 11.5. The molecule has 0 spiro atoms. The van der Waals surface area contributed by atoms with E-state index in [1.807, 2.05) is 4.90 Å². The summed E-state index contributed by atoms with van der Waals surface area (Å²) in [6, 6.07) is -1.01. The van der Waals surface area contributed by atoms with E-state index in [2.05, 4.69) is 28.8 Å². The third-order valence-corrected chi connectivity index (χ3v) is 6.10. The second kappa shape index (κ2) is 11.3. The van der Waals surface area contributed by atoms with Gasteiger partial charge in [0.25, 0.3) is 0 Å². The molecule has 0 radical (unpaired) electrons. The quantitative estimate of drug-likeness (QED) is 0.213. The molecule has 1 unspecified atom stereocenters. The maximum Gasteiger partial charge on any atom is 0.320 e. The number of aliphatic hydroxyl groups excluding tert-OH is 2. The molecule has 13 nitrogen and oxygen atoms in total. The number of hydrogen-bond donors (Lipinski definition) is 6. The van der Waals surface area contributed by atoms with Crippen molar-refractivity contribution in [3.63, 3.8) is 0 Å². The van der Waals surface area contributed by atoms with E-state index in [1.165, 1.54) is 17.2 Å². The Morgan fingerprint density at radius 2 is 1.88 bits per heavy atom. The van der Waals surface area contributed by atoms with Gasteiger partial charge in [-0.25, -0.2) is 15.0 Å². The van der Waals surface area contributed by atoms with Crippen molar-refractivity contribution in [3.05, 3.63) is 12.7 Å². The number of hydrogen-bond acceptors (Lipinski definition) is 11. The van der Waals surface area contributed by atoms with Gasteiger partial charge in [0, 0.05) is 19.1 Å². The number of nitrogen functional groups attached to an aromatic ring is 1. The lowest BCUT2D eigenvalue weighted by Crippen LogP contribution is -2.43. The second-order valence-electron chi connectivity index (χ2n) is 9.34. The van der Waals surface area contributed by atoms with Crippen molar-refractivity contribution in [2.75, 3.05) is 25.4 Å². The summed E-state index contributed by atoms with van der Waals surface area (Å²) in [5.41, 5.74) is 18.5. The molecule has 1 fully saturated rings. The molecule has 3 rings (SSSR count). The van der Waals surface area contributed by atoms with Gasteiger partial charge in [0.05, 0.1) is 6.33 Å². The number of rotatable bonds is 12. The van der Waals surface area contributed by atoms with Gasteiger partial charge in [-0.05, 0) is 31.7 Å². The second-order valence-corrected chi connectivity index (χ2v) is 9.34. The van der Waals surface area contributed by atoms with Crippen molar-refractivity contribution in [2.24, 2.45) is 17.4 Å². The smallest absolute Gasteiger partial charge is 0.320 e. The normalized spacial score (nSPS) is 24.8. The number of carbonyl (C=O) groups is 1. The Morgan fingerprint density at radius 1 is 1.18 bits per heavy atom. The fourth-order valence-electron chi connectivity index (χ4n) is 4.23. The lowest BCUT2D eigenvalue weighted by Gasteiger charge is -2.28. The minimum Gasteiger partial charge on any atom is -0.480 e. The fourth-order valence-corrected chi connectivity index (χ4v) is 4.23. The van der Waals surface area contributed by atoms with Crippen LogP contribution in [0.4, 0.5) is 5.82 Å². The van der Waals surface area contributed by atoms with Crippen LogP contribution in [0.3, 0.4) is 0 Å². The summed E-state index contributed by atoms with van der Waals surface area (Å²) in [7, 11) is 0. The zero-order chi connectivity index (χ0) is 25.0. The molecule has 2 aromatic rings. The first kappa shape index (κ1) is 26.2. The Labute approximate surface area is 197 Å². The molecule has 0 aliphatic carbocycles. The summed E-state index contributed by atoms with van der Waals surface area (Å²) in [4.78, 5) is 25.4. The number of carboxylic acids is 1. The van der Waals surface area contributed by atoms with Gasteiger partial charge in [-0.3, -0.25) is 9.36 Å². The summed E-state index contributed by atoms with van der Waals surface area (Å²) >= 11 is 0. The van der Waals surface area contributed by atoms with E-state index in [4.69, 9.17) is 27.0 Å². The number of carboxylic acid groups (broad SMARTS) is 1. The molecular weight excluding hydrogens is 444 g/mol. The van der Waals surface area contributed by atoms with Crippen LogP contribution in [0.25, 0.3) is 11.2 Å². The number of nitrogens with two attached hydrogens (primary N) is 3. The molecule has 6 atom stereocenters. The predicted molar refractivity (Wildman–Crippen MR) is 124 cm³/mol. The highest BCUT2D eigenvalue weighted by molar-refractivity contribution is 5.81. The maximum absolute atomic E-state index is 11.2. The summed E-state index contributed by atoms with van der Waals surface area (Å²) < 4.78 is 7.55. The molecule has 13 heteroatoms. The molecule has 1 aliphatic rings. The molecule has 0 amide bonds.